The smallest absolute Gasteiger partial charge is 0.265 e. The van der Waals surface area contributed by atoms with Crippen LogP contribution in [0.1, 0.15) is 15.9 Å². The minimum absolute atomic E-state index is 0.143. The number of benzene rings is 1. The number of rotatable bonds is 0. The lowest BCUT2D eigenvalue weighted by Crippen LogP contribution is -2.39. The number of nitrogens with zero attached hydrogens (tertiary/aromatic N) is 3. The topological polar surface area (TPSA) is 88.9 Å². The van der Waals surface area contributed by atoms with Crippen molar-refractivity contribution in [2.75, 3.05) is 16.4 Å². The van der Waals surface area contributed by atoms with Gasteiger partial charge in [0, 0.05) is 11.3 Å². The number of hydrogen-bond donors (Lipinski definition) is 2. The van der Waals surface area contributed by atoms with Crippen molar-refractivity contribution in [2.24, 2.45) is 0 Å². The molecule has 4 rings (SSSR count). The van der Waals surface area contributed by atoms with E-state index in [9.17, 15) is 9.59 Å². The molecule has 1 aromatic carbocycles. The minimum atomic E-state index is -1.04. The van der Waals surface area contributed by atoms with E-state index >= 15 is 0 Å². The predicted molar refractivity (Wildman–Crippen MR) is 78.2 cm³/mol. The Bertz CT molecular complexity index is 787. The number of nitrogens with one attached hydrogen (secondary N) is 2. The molecule has 21 heavy (non-hydrogen) atoms. The van der Waals surface area contributed by atoms with Gasteiger partial charge in [0.05, 0.1) is 5.75 Å². The summed E-state index contributed by atoms with van der Waals surface area (Å²) in [7, 11) is 0. The van der Waals surface area contributed by atoms with Crippen molar-refractivity contribution in [2.45, 2.75) is 11.8 Å². The molecule has 3 heterocycles. The number of hydrogen-bond acceptors (Lipinski definition) is 6. The van der Waals surface area contributed by atoms with Crippen LogP contribution in [-0.2, 0) is 9.67 Å². The van der Waals surface area contributed by atoms with Crippen molar-refractivity contribution >= 4 is 35.2 Å². The van der Waals surface area contributed by atoms with Crippen LogP contribution in [0.4, 0.5) is 11.6 Å². The Labute approximate surface area is 124 Å². The second-order valence-electron chi connectivity index (χ2n) is 4.99. The van der Waals surface area contributed by atoms with Gasteiger partial charge in [-0.3, -0.25) is 9.59 Å². The van der Waals surface area contributed by atoms with Crippen LogP contribution >= 0.6 is 11.8 Å². The number of anilines is 2. The lowest BCUT2D eigenvalue weighted by atomic mass is 10.0. The molecular weight excluding hydrogens is 290 g/mol. The molecule has 0 radical (unpaired) electrons. The summed E-state index contributed by atoms with van der Waals surface area (Å²) >= 11 is 1.25. The molecule has 1 unspecified atom stereocenters. The average Bonchev–Trinajstić information content (AvgIpc) is 2.98. The molecule has 1 amide bonds. The van der Waals surface area contributed by atoms with Crippen molar-refractivity contribution in [3.8, 4) is 0 Å². The van der Waals surface area contributed by atoms with Gasteiger partial charge in [0.1, 0.15) is 6.33 Å². The average molecular weight is 301 g/mol. The highest BCUT2D eigenvalue weighted by Gasteiger charge is 2.50. The highest BCUT2D eigenvalue weighted by Crippen LogP contribution is 2.47. The monoisotopic (exact) mass is 301 g/mol. The number of thioether (sulfide) groups is 1. The van der Waals surface area contributed by atoms with E-state index in [1.165, 1.54) is 22.8 Å². The van der Waals surface area contributed by atoms with E-state index in [0.29, 0.717) is 0 Å². The van der Waals surface area contributed by atoms with Crippen molar-refractivity contribution in [1.82, 2.24) is 14.8 Å². The molecule has 0 saturated carbocycles. The van der Waals surface area contributed by atoms with E-state index in [1.54, 1.807) is 0 Å². The molecule has 2 aromatic rings. The summed E-state index contributed by atoms with van der Waals surface area (Å²) in [5.74, 6) is 0.0297. The van der Waals surface area contributed by atoms with Crippen LogP contribution < -0.4 is 10.6 Å². The van der Waals surface area contributed by atoms with Gasteiger partial charge in [0.25, 0.3) is 11.8 Å². The molecule has 1 spiro atoms. The zero-order chi connectivity index (χ0) is 14.6. The number of amides is 1. The normalized spacial score (nSPS) is 23.3. The second kappa shape index (κ2) is 4.08. The fourth-order valence-electron chi connectivity index (χ4n) is 2.59. The largest absolute Gasteiger partial charge is 0.328 e. The van der Waals surface area contributed by atoms with E-state index in [-0.39, 0.29) is 23.5 Å². The van der Waals surface area contributed by atoms with Gasteiger partial charge in [-0.05, 0) is 13.0 Å². The fourth-order valence-corrected chi connectivity index (χ4v) is 3.72. The first-order valence-corrected chi connectivity index (χ1v) is 7.37. The van der Waals surface area contributed by atoms with Crippen molar-refractivity contribution in [3.05, 3.63) is 35.7 Å². The zero-order valence-corrected chi connectivity index (χ0v) is 11.9. The van der Waals surface area contributed by atoms with Crippen LogP contribution in [0.5, 0.6) is 0 Å². The summed E-state index contributed by atoms with van der Waals surface area (Å²) in [6.07, 6.45) is 1.30. The Balaban J connectivity index is 1.91. The molecular formula is C13H11N5O2S. The third kappa shape index (κ3) is 1.62. The molecule has 7 nitrogen and oxygen atoms in total. The molecule has 106 valence electrons. The third-order valence-electron chi connectivity index (χ3n) is 3.61. The Kier molecular flexibility index (Phi) is 2.41. The molecule has 8 heteroatoms. The SMILES string of the molecule is Cc1ccc2c(c1)C1(Nc3ncnn3C(=O)CS1)C(=O)N2. The van der Waals surface area contributed by atoms with Crippen molar-refractivity contribution in [3.63, 3.8) is 0 Å². The lowest BCUT2D eigenvalue weighted by Gasteiger charge is -2.25. The van der Waals surface area contributed by atoms with Crippen LogP contribution in [0, 0.1) is 6.92 Å². The Hall–Kier alpha value is -2.35. The quantitative estimate of drug-likeness (QED) is 0.760. The first-order valence-electron chi connectivity index (χ1n) is 6.38. The van der Waals surface area contributed by atoms with E-state index in [0.717, 1.165) is 16.8 Å². The maximum Gasteiger partial charge on any atom is 0.265 e. The minimum Gasteiger partial charge on any atom is -0.328 e. The predicted octanol–water partition coefficient (Wildman–Crippen LogP) is 1.19. The van der Waals surface area contributed by atoms with Crippen LogP contribution in [0.3, 0.4) is 0 Å². The molecule has 0 fully saturated rings. The summed E-state index contributed by atoms with van der Waals surface area (Å²) in [6.45, 7) is 1.96. The van der Waals surface area contributed by atoms with Gasteiger partial charge >= 0.3 is 0 Å². The summed E-state index contributed by atoms with van der Waals surface area (Å²) in [6, 6.07) is 5.76. The number of carbonyl (C=O) groups excluding carboxylic acids is 2. The molecule has 2 aliphatic heterocycles. The Morgan fingerprint density at radius 1 is 1.38 bits per heavy atom. The van der Waals surface area contributed by atoms with Crippen LogP contribution in [0.25, 0.3) is 0 Å². The Morgan fingerprint density at radius 3 is 3.10 bits per heavy atom. The van der Waals surface area contributed by atoms with Crippen LogP contribution in [0.15, 0.2) is 24.5 Å². The fraction of sp³-hybridized carbons (Fsp3) is 0.231. The van der Waals surface area contributed by atoms with E-state index in [4.69, 9.17) is 0 Å². The third-order valence-corrected chi connectivity index (χ3v) is 4.94. The molecule has 2 aliphatic rings. The maximum absolute atomic E-state index is 12.5. The zero-order valence-electron chi connectivity index (χ0n) is 11.1. The molecule has 2 N–H and O–H groups in total. The molecule has 1 atom stereocenters. The summed E-state index contributed by atoms with van der Waals surface area (Å²) in [5.41, 5.74) is 2.62. The van der Waals surface area contributed by atoms with Crippen LogP contribution in [0.2, 0.25) is 0 Å². The summed E-state index contributed by atoms with van der Waals surface area (Å²) in [4.78, 5) is 27.6. The van der Waals surface area contributed by atoms with E-state index < -0.39 is 4.87 Å². The molecule has 1 aromatic heterocycles. The molecule has 0 saturated heterocycles. The van der Waals surface area contributed by atoms with Gasteiger partial charge in [0.2, 0.25) is 5.95 Å². The number of carbonyl (C=O) groups is 2. The molecule has 0 aliphatic carbocycles. The highest BCUT2D eigenvalue weighted by atomic mass is 32.2. The van der Waals surface area contributed by atoms with Gasteiger partial charge in [-0.25, -0.2) is 0 Å². The highest BCUT2D eigenvalue weighted by molar-refractivity contribution is 8.01. The van der Waals surface area contributed by atoms with Gasteiger partial charge in [-0.2, -0.15) is 14.8 Å². The van der Waals surface area contributed by atoms with Crippen molar-refractivity contribution in [1.29, 1.82) is 0 Å². The maximum atomic E-state index is 12.5. The number of aromatic nitrogens is 3. The van der Waals surface area contributed by atoms with Gasteiger partial charge in [-0.15, -0.1) is 11.8 Å². The summed E-state index contributed by atoms with van der Waals surface area (Å²) < 4.78 is 1.20. The van der Waals surface area contributed by atoms with Gasteiger partial charge < -0.3 is 10.6 Å². The van der Waals surface area contributed by atoms with E-state index in [2.05, 4.69) is 20.7 Å². The first-order chi connectivity index (χ1) is 10.1. The Morgan fingerprint density at radius 2 is 2.24 bits per heavy atom. The van der Waals surface area contributed by atoms with Gasteiger partial charge in [0.15, 0.2) is 4.87 Å². The van der Waals surface area contributed by atoms with E-state index in [1.807, 2.05) is 25.1 Å². The second-order valence-corrected chi connectivity index (χ2v) is 6.18. The number of aryl methyl sites for hydroxylation is 1. The first kappa shape index (κ1) is 12.4. The lowest BCUT2D eigenvalue weighted by molar-refractivity contribution is -0.117. The van der Waals surface area contributed by atoms with Gasteiger partial charge in [-0.1, -0.05) is 17.7 Å². The summed E-state index contributed by atoms with van der Waals surface area (Å²) in [5, 5.41) is 9.86. The van der Waals surface area contributed by atoms with Crippen LogP contribution in [-0.4, -0.2) is 32.3 Å². The van der Waals surface area contributed by atoms with Crippen molar-refractivity contribution < 1.29 is 9.59 Å². The molecule has 0 bridgehead atoms. The standard InChI is InChI=1S/C13H11N5O2S/c1-7-2-3-9-8(4-7)13(11(20)16-9)17-12-14-6-15-18(12)10(19)5-21-13/h2-4,6H,5H2,1H3,(H,16,20)(H,14,15,17). The number of fused-ring (bicyclic) bond motifs is 3.